The summed E-state index contributed by atoms with van der Waals surface area (Å²) in [6.45, 7) is 15.7. The molecule has 0 radical (unpaired) electrons. The van der Waals surface area contributed by atoms with Gasteiger partial charge in [-0.05, 0) is 86.1 Å². The Morgan fingerprint density at radius 2 is 1.30 bits per heavy atom. The molecule has 13 heteroatoms. The Hall–Kier alpha value is -3.74. The van der Waals surface area contributed by atoms with Crippen LogP contribution in [-0.4, -0.2) is 90.8 Å². The molecule has 4 rings (SSSR count). The molecular formula is C30H44F2N4O7. The number of aromatic hydroxyl groups is 1. The monoisotopic (exact) mass is 610 g/mol. The van der Waals surface area contributed by atoms with Gasteiger partial charge in [-0.2, -0.15) is 8.78 Å². The topological polar surface area (TPSA) is 135 Å². The van der Waals surface area contributed by atoms with Gasteiger partial charge in [0.05, 0.1) is 31.6 Å². The van der Waals surface area contributed by atoms with Gasteiger partial charge in [-0.3, -0.25) is 0 Å². The van der Waals surface area contributed by atoms with Crippen molar-refractivity contribution < 1.29 is 42.8 Å². The Balaban J connectivity index is 0.000000251. The van der Waals surface area contributed by atoms with E-state index < -0.39 is 29.2 Å². The molecule has 2 aromatic rings. The Kier molecular flexibility index (Phi) is 12.5. The number of nitrogens with zero attached hydrogens (tertiary/aromatic N) is 4. The van der Waals surface area contributed by atoms with Crippen molar-refractivity contribution in [3.8, 4) is 11.5 Å². The van der Waals surface area contributed by atoms with Crippen molar-refractivity contribution in [2.75, 3.05) is 13.1 Å². The first-order chi connectivity index (χ1) is 19.8. The van der Waals surface area contributed by atoms with Gasteiger partial charge >= 0.3 is 12.2 Å². The molecule has 43 heavy (non-hydrogen) atoms. The van der Waals surface area contributed by atoms with E-state index in [2.05, 4.69) is 9.97 Å². The average Bonchev–Trinajstić information content (AvgIpc) is 3.41. The fraction of sp³-hybridized carbons (Fsp3) is 0.600. The number of halogens is 2. The van der Waals surface area contributed by atoms with Crippen LogP contribution in [0.2, 0.25) is 0 Å². The normalized spacial score (nSPS) is 21.7. The van der Waals surface area contributed by atoms with E-state index in [-0.39, 0.29) is 36.1 Å². The second kappa shape index (κ2) is 15.1. The molecule has 2 amide bonds. The quantitative estimate of drug-likeness (QED) is 0.435. The predicted octanol–water partition coefficient (Wildman–Crippen LogP) is 5.30. The molecular weight excluding hydrogens is 566 g/mol. The molecule has 0 unspecified atom stereocenters. The van der Waals surface area contributed by atoms with Crippen molar-refractivity contribution in [2.24, 2.45) is 0 Å². The van der Waals surface area contributed by atoms with E-state index in [4.69, 9.17) is 19.3 Å². The lowest BCUT2D eigenvalue weighted by Crippen LogP contribution is -2.39. The number of ether oxygens (including phenoxy) is 3. The maximum atomic E-state index is 12.8. The number of rotatable bonds is 2. The summed E-state index contributed by atoms with van der Waals surface area (Å²) in [4.78, 5) is 33.7. The first-order valence-corrected chi connectivity index (χ1v) is 14.1. The summed E-state index contributed by atoms with van der Waals surface area (Å²) in [5.41, 5.74) is -0.985. The van der Waals surface area contributed by atoms with Crippen molar-refractivity contribution in [3.63, 3.8) is 0 Å². The van der Waals surface area contributed by atoms with Crippen LogP contribution in [0, 0.1) is 11.9 Å². The minimum Gasteiger partial charge on any atom is -0.506 e. The Bertz CT molecular complexity index is 1150. The van der Waals surface area contributed by atoms with Crippen LogP contribution < -0.4 is 4.74 Å². The van der Waals surface area contributed by atoms with E-state index in [1.165, 1.54) is 24.4 Å². The van der Waals surface area contributed by atoms with Crippen LogP contribution in [0.3, 0.4) is 0 Å². The van der Waals surface area contributed by atoms with Crippen LogP contribution in [0.15, 0.2) is 36.7 Å². The largest absolute Gasteiger partial charge is 0.506 e. The minimum absolute atomic E-state index is 0.0219. The lowest BCUT2D eigenvalue weighted by molar-refractivity contribution is 0.0212. The zero-order valence-corrected chi connectivity index (χ0v) is 26.1. The van der Waals surface area contributed by atoms with Gasteiger partial charge in [-0.15, -0.1) is 0 Å². The molecule has 0 bridgehead atoms. The summed E-state index contributed by atoms with van der Waals surface area (Å²) < 4.78 is 40.9. The summed E-state index contributed by atoms with van der Waals surface area (Å²) in [6.07, 6.45) is 2.53. The van der Waals surface area contributed by atoms with Crippen LogP contribution in [0.4, 0.5) is 18.4 Å². The second-order valence-electron chi connectivity index (χ2n) is 12.5. The van der Waals surface area contributed by atoms with E-state index in [0.29, 0.717) is 31.7 Å². The molecule has 4 heterocycles. The molecule has 2 N–H and O–H groups in total. The van der Waals surface area contributed by atoms with Crippen LogP contribution in [0.1, 0.15) is 68.2 Å². The van der Waals surface area contributed by atoms with E-state index >= 15 is 0 Å². The lowest BCUT2D eigenvalue weighted by Gasteiger charge is -2.26. The SMILES string of the molecule is C[C@H]1C[C@@H](Oc2ccc(F)nc2)CN1C(=O)OC(C)(C)C.C[C@H]1C[C@H](O)CN1C(=O)OC(C)(C)C.Oc1ccc(F)nc1. The van der Waals surface area contributed by atoms with Gasteiger partial charge in [0, 0.05) is 18.5 Å². The van der Waals surface area contributed by atoms with Crippen molar-refractivity contribution in [2.45, 2.75) is 104 Å². The minimum atomic E-state index is -0.581. The third-order valence-electron chi connectivity index (χ3n) is 6.06. The molecule has 2 aliphatic rings. The molecule has 2 aliphatic heterocycles. The van der Waals surface area contributed by atoms with Crippen molar-refractivity contribution in [1.29, 1.82) is 0 Å². The van der Waals surface area contributed by atoms with E-state index in [0.717, 1.165) is 12.3 Å². The third kappa shape index (κ3) is 13.0. The fourth-order valence-corrected chi connectivity index (χ4v) is 4.21. The number of carbonyl (C=O) groups excluding carboxylic acids is 2. The number of pyridine rings is 2. The second-order valence-corrected chi connectivity index (χ2v) is 12.5. The maximum Gasteiger partial charge on any atom is 0.410 e. The van der Waals surface area contributed by atoms with E-state index in [9.17, 15) is 23.5 Å². The molecule has 2 aromatic heterocycles. The molecule has 0 aromatic carbocycles. The Labute approximate surface area is 251 Å². The van der Waals surface area contributed by atoms with Gasteiger partial charge in [0.15, 0.2) is 0 Å². The maximum absolute atomic E-state index is 12.8. The molecule has 0 spiro atoms. The Morgan fingerprint density at radius 3 is 1.70 bits per heavy atom. The van der Waals surface area contributed by atoms with Gasteiger partial charge in [-0.1, -0.05) is 0 Å². The number of β-amino-alcohol motifs (C(OH)–C–C–N with tert-alkyl or cyclic N) is 1. The van der Waals surface area contributed by atoms with Crippen molar-refractivity contribution in [1.82, 2.24) is 19.8 Å². The number of likely N-dealkylation sites (tertiary alicyclic amines) is 2. The molecule has 0 saturated carbocycles. The summed E-state index contributed by atoms with van der Waals surface area (Å²) in [6, 6.07) is 5.22. The van der Waals surface area contributed by atoms with Crippen LogP contribution in [0.25, 0.3) is 0 Å². The first kappa shape index (κ1) is 35.5. The highest BCUT2D eigenvalue weighted by Crippen LogP contribution is 2.25. The van der Waals surface area contributed by atoms with E-state index in [1.807, 2.05) is 55.4 Å². The highest BCUT2D eigenvalue weighted by Gasteiger charge is 2.36. The smallest absolute Gasteiger partial charge is 0.410 e. The number of carbonyl (C=O) groups is 2. The summed E-state index contributed by atoms with van der Waals surface area (Å²) in [7, 11) is 0. The lowest BCUT2D eigenvalue weighted by atomic mass is 10.2. The van der Waals surface area contributed by atoms with Gasteiger partial charge in [0.25, 0.3) is 0 Å². The molecule has 4 atom stereocenters. The van der Waals surface area contributed by atoms with Crippen molar-refractivity contribution >= 4 is 12.2 Å². The van der Waals surface area contributed by atoms with Gasteiger partial charge in [-0.25, -0.2) is 19.6 Å². The summed E-state index contributed by atoms with van der Waals surface area (Å²) in [5.74, 6) is -0.647. The van der Waals surface area contributed by atoms with Crippen LogP contribution >= 0.6 is 0 Å². The Morgan fingerprint density at radius 1 is 0.814 bits per heavy atom. The van der Waals surface area contributed by atoms with Crippen LogP contribution in [-0.2, 0) is 9.47 Å². The average molecular weight is 611 g/mol. The number of amides is 2. The van der Waals surface area contributed by atoms with Gasteiger partial charge in [0.1, 0.15) is 28.8 Å². The number of aliphatic hydroxyl groups excluding tert-OH is 1. The van der Waals surface area contributed by atoms with Gasteiger partial charge in [0.2, 0.25) is 11.9 Å². The van der Waals surface area contributed by atoms with Gasteiger partial charge < -0.3 is 34.2 Å². The molecule has 2 fully saturated rings. The standard InChI is InChI=1S/C15H21FN2O3.C10H19NO3.C5H4FNO/c1-10-7-12(20-11-5-6-13(16)17-8-11)9-18(10)14(19)21-15(2,3)4;1-7-5-8(12)6-11(7)9(13)14-10(2,3)4;6-5-2-1-4(8)3-7-5/h5-6,8,10,12H,7,9H2,1-4H3;7-8,12H,5-6H2,1-4H3;1-3,8H/t10-,12+;7-,8-;/m00./s1. The summed E-state index contributed by atoms with van der Waals surface area (Å²) in [5, 5.41) is 17.9. The predicted molar refractivity (Wildman–Crippen MR) is 155 cm³/mol. The molecule has 240 valence electrons. The van der Waals surface area contributed by atoms with E-state index in [1.54, 1.807) is 9.80 Å². The third-order valence-corrected chi connectivity index (χ3v) is 6.06. The first-order valence-electron chi connectivity index (χ1n) is 14.1. The molecule has 2 saturated heterocycles. The number of hydrogen-bond donors (Lipinski definition) is 2. The number of aromatic nitrogens is 2. The van der Waals surface area contributed by atoms with Crippen molar-refractivity contribution in [3.05, 3.63) is 48.6 Å². The van der Waals surface area contributed by atoms with Crippen LogP contribution in [0.5, 0.6) is 11.5 Å². The summed E-state index contributed by atoms with van der Waals surface area (Å²) >= 11 is 0. The number of aliphatic hydroxyl groups is 1. The fourth-order valence-electron chi connectivity index (χ4n) is 4.21. The molecule has 0 aliphatic carbocycles. The zero-order valence-electron chi connectivity index (χ0n) is 26.1. The highest BCUT2D eigenvalue weighted by molar-refractivity contribution is 5.69. The number of hydrogen-bond acceptors (Lipinski definition) is 9. The highest BCUT2D eigenvalue weighted by atomic mass is 19.1. The zero-order chi connectivity index (χ0) is 32.5. The molecule has 11 nitrogen and oxygen atoms in total.